The van der Waals surface area contributed by atoms with E-state index in [0.717, 1.165) is 14.7 Å². The molecule has 0 saturated heterocycles. The smallest absolute Gasteiger partial charge is 0.268 e. The average molecular weight is 279 g/mol. The molecule has 0 unspecified atom stereocenters. The molecule has 0 aliphatic carbocycles. The fraction of sp³-hybridized carbons (Fsp3) is 0.0833. The number of rotatable bonds is 0. The molecule has 2 heterocycles. The normalized spacial score (nSPS) is 11.2. The Kier molecular flexibility index (Phi) is 2.46. The van der Waals surface area contributed by atoms with E-state index in [1.165, 1.54) is 18.4 Å². The maximum absolute atomic E-state index is 12.0. The quantitative estimate of drug-likeness (QED) is 0.592. The first-order valence-corrected chi connectivity index (χ1v) is 6.36. The number of hydrogen-bond acceptors (Lipinski definition) is 4. The minimum Gasteiger partial charge on any atom is -0.268 e. The van der Waals surface area contributed by atoms with Gasteiger partial charge in [0.15, 0.2) is 0 Å². The van der Waals surface area contributed by atoms with Crippen molar-refractivity contribution < 1.29 is 0 Å². The molecule has 0 saturated carbocycles. The van der Waals surface area contributed by atoms with Crippen molar-refractivity contribution in [2.45, 2.75) is 0 Å². The van der Waals surface area contributed by atoms with Crippen molar-refractivity contribution in [2.75, 3.05) is 0 Å². The third-order valence-corrected chi connectivity index (χ3v) is 4.06. The molecule has 0 bridgehead atoms. The predicted octanol–water partition coefficient (Wildman–Crippen LogP) is 2.11. The van der Waals surface area contributed by atoms with Crippen LogP contribution in [0.4, 0.5) is 0 Å². The Morgan fingerprint density at radius 3 is 2.83 bits per heavy atom. The number of nitrogens with zero attached hydrogens (tertiary/aromatic N) is 2. The second kappa shape index (κ2) is 3.90. The highest BCUT2D eigenvalue weighted by molar-refractivity contribution is 7.21. The third-order valence-electron chi connectivity index (χ3n) is 2.73. The molecule has 0 atom stereocenters. The number of benzene rings is 1. The standard InChI is InChI=1S/C12H7ClN2O2S/c1-15-11(16)8-5-6-4-7(13)2-3-9(6)18-10(8)14-12(15)17/h2-5H,1H3. The van der Waals surface area contributed by atoms with Gasteiger partial charge in [-0.1, -0.05) is 11.6 Å². The van der Waals surface area contributed by atoms with Crippen LogP contribution in [0.3, 0.4) is 0 Å². The minimum atomic E-state index is -0.530. The van der Waals surface area contributed by atoms with Crippen LogP contribution in [0.5, 0.6) is 0 Å². The lowest BCUT2D eigenvalue weighted by Crippen LogP contribution is -2.34. The second-order valence-corrected chi connectivity index (χ2v) is 5.37. The van der Waals surface area contributed by atoms with Crippen LogP contribution in [-0.4, -0.2) is 9.55 Å². The van der Waals surface area contributed by atoms with Crippen LogP contribution in [0, 0.1) is 0 Å². The van der Waals surface area contributed by atoms with Gasteiger partial charge in [-0.15, -0.1) is 11.3 Å². The molecule has 18 heavy (non-hydrogen) atoms. The van der Waals surface area contributed by atoms with Gasteiger partial charge < -0.3 is 0 Å². The zero-order valence-corrected chi connectivity index (χ0v) is 10.9. The molecule has 0 radical (unpaired) electrons. The molecule has 0 N–H and O–H groups in total. The topological polar surface area (TPSA) is 52.0 Å². The van der Waals surface area contributed by atoms with Gasteiger partial charge in [0, 0.05) is 16.8 Å². The zero-order valence-electron chi connectivity index (χ0n) is 9.31. The van der Waals surface area contributed by atoms with Crippen LogP contribution in [-0.2, 0) is 7.05 Å². The van der Waals surface area contributed by atoms with E-state index in [-0.39, 0.29) is 5.56 Å². The Labute approximate surface area is 110 Å². The maximum Gasteiger partial charge on any atom is 0.351 e. The van der Waals surface area contributed by atoms with Gasteiger partial charge >= 0.3 is 5.69 Å². The SMILES string of the molecule is Cn1c(=O)nc2sc3ccc(Cl)cc3cc-2c1=O. The van der Waals surface area contributed by atoms with E-state index >= 15 is 0 Å². The molecular weight excluding hydrogens is 272 g/mol. The summed E-state index contributed by atoms with van der Waals surface area (Å²) in [6.45, 7) is 0. The highest BCUT2D eigenvalue weighted by Crippen LogP contribution is 2.30. The lowest BCUT2D eigenvalue weighted by molar-refractivity contribution is 0.781. The minimum absolute atomic E-state index is 0.330. The molecule has 0 fully saturated rings. The summed E-state index contributed by atoms with van der Waals surface area (Å²) in [5.74, 6) is 0. The van der Waals surface area contributed by atoms with Gasteiger partial charge in [-0.05, 0) is 29.7 Å². The van der Waals surface area contributed by atoms with Crippen LogP contribution in [0.1, 0.15) is 0 Å². The molecule has 0 amide bonds. The fourth-order valence-corrected chi connectivity index (χ4v) is 2.91. The van der Waals surface area contributed by atoms with Crippen LogP contribution in [0.15, 0.2) is 33.9 Å². The molecular formula is C12H7ClN2O2S. The molecule has 4 nitrogen and oxygen atoms in total. The Morgan fingerprint density at radius 2 is 2.06 bits per heavy atom. The van der Waals surface area contributed by atoms with Gasteiger partial charge in [0.1, 0.15) is 5.01 Å². The first-order chi connectivity index (χ1) is 8.56. The van der Waals surface area contributed by atoms with E-state index < -0.39 is 5.69 Å². The average Bonchev–Trinajstić information content (AvgIpc) is 2.35. The van der Waals surface area contributed by atoms with Crippen molar-refractivity contribution in [3.63, 3.8) is 0 Å². The summed E-state index contributed by atoms with van der Waals surface area (Å²) in [5.41, 5.74) is -0.419. The molecule has 3 rings (SSSR count). The van der Waals surface area contributed by atoms with Crippen LogP contribution in [0.25, 0.3) is 20.7 Å². The number of aromatic nitrogens is 2. The van der Waals surface area contributed by atoms with Crippen LogP contribution >= 0.6 is 22.9 Å². The van der Waals surface area contributed by atoms with Crippen LogP contribution < -0.4 is 11.2 Å². The summed E-state index contributed by atoms with van der Waals surface area (Å²) in [7, 11) is 1.42. The Bertz CT molecular complexity index is 853. The highest BCUT2D eigenvalue weighted by Gasteiger charge is 2.14. The summed E-state index contributed by atoms with van der Waals surface area (Å²) in [6.07, 6.45) is 0. The van der Waals surface area contributed by atoms with E-state index in [2.05, 4.69) is 4.98 Å². The first-order valence-electron chi connectivity index (χ1n) is 5.16. The van der Waals surface area contributed by atoms with E-state index in [9.17, 15) is 9.59 Å². The summed E-state index contributed by atoms with van der Waals surface area (Å²) in [4.78, 5) is 27.4. The van der Waals surface area contributed by atoms with Gasteiger partial charge in [0.25, 0.3) is 5.56 Å². The third kappa shape index (κ3) is 1.63. The molecule has 6 heteroatoms. The van der Waals surface area contributed by atoms with Crippen molar-refractivity contribution in [2.24, 2.45) is 7.05 Å². The van der Waals surface area contributed by atoms with E-state index in [0.29, 0.717) is 15.6 Å². The second-order valence-electron chi connectivity index (χ2n) is 3.91. The van der Waals surface area contributed by atoms with E-state index in [1.807, 2.05) is 6.07 Å². The Balaban J connectivity index is 2.54. The van der Waals surface area contributed by atoms with E-state index in [1.54, 1.807) is 18.2 Å². The predicted molar refractivity (Wildman–Crippen MR) is 72.8 cm³/mol. The molecule has 0 spiro atoms. The van der Waals surface area contributed by atoms with Crippen molar-refractivity contribution in [1.29, 1.82) is 0 Å². The highest BCUT2D eigenvalue weighted by atomic mass is 35.5. The van der Waals surface area contributed by atoms with Crippen LogP contribution in [0.2, 0.25) is 5.02 Å². The first kappa shape index (κ1) is 11.4. The summed E-state index contributed by atoms with van der Waals surface area (Å²) >= 11 is 7.24. The number of fused-ring (bicyclic) bond motifs is 2. The van der Waals surface area contributed by atoms with Gasteiger partial charge in [0.05, 0.1) is 5.56 Å². The summed E-state index contributed by atoms with van der Waals surface area (Å²) in [6, 6.07) is 7.13. The van der Waals surface area contributed by atoms with Gasteiger partial charge in [0.2, 0.25) is 0 Å². The number of hydrogen-bond donors (Lipinski definition) is 0. The lowest BCUT2D eigenvalue weighted by Gasteiger charge is -2.06. The van der Waals surface area contributed by atoms with Gasteiger partial charge in [-0.25, -0.2) is 4.79 Å². The number of halogens is 1. The molecule has 1 aromatic rings. The summed E-state index contributed by atoms with van der Waals surface area (Å²) in [5, 5.41) is 1.94. The van der Waals surface area contributed by atoms with Gasteiger partial charge in [-0.2, -0.15) is 4.98 Å². The Hall–Kier alpha value is -1.72. The van der Waals surface area contributed by atoms with Crippen molar-refractivity contribution >= 4 is 33.0 Å². The van der Waals surface area contributed by atoms with Gasteiger partial charge in [-0.3, -0.25) is 9.36 Å². The molecule has 2 aliphatic heterocycles. The molecule has 90 valence electrons. The van der Waals surface area contributed by atoms with Crippen molar-refractivity contribution in [3.8, 4) is 10.6 Å². The molecule has 2 aliphatic rings. The molecule has 0 aromatic heterocycles. The monoisotopic (exact) mass is 278 g/mol. The Morgan fingerprint density at radius 1 is 1.28 bits per heavy atom. The molecule has 1 aromatic carbocycles. The van der Waals surface area contributed by atoms with Crippen molar-refractivity contribution in [3.05, 3.63) is 50.1 Å². The zero-order chi connectivity index (χ0) is 12.9. The lowest BCUT2D eigenvalue weighted by atomic mass is 10.2. The van der Waals surface area contributed by atoms with E-state index in [4.69, 9.17) is 11.6 Å². The fourth-order valence-electron chi connectivity index (χ4n) is 1.77. The summed E-state index contributed by atoms with van der Waals surface area (Å²) < 4.78 is 1.94. The van der Waals surface area contributed by atoms with Crippen molar-refractivity contribution in [1.82, 2.24) is 9.55 Å². The maximum atomic E-state index is 12.0. The largest absolute Gasteiger partial charge is 0.351 e.